The number of aromatic carboxylic acids is 2. The van der Waals surface area contributed by atoms with Gasteiger partial charge in [0.2, 0.25) is 0 Å². The van der Waals surface area contributed by atoms with Gasteiger partial charge in [0.25, 0.3) is 0 Å². The van der Waals surface area contributed by atoms with Crippen LogP contribution in [-0.4, -0.2) is 22.2 Å². The molecule has 0 saturated heterocycles. The van der Waals surface area contributed by atoms with Crippen LogP contribution in [0, 0.1) is 3.57 Å². The van der Waals surface area contributed by atoms with Gasteiger partial charge in [0.05, 0.1) is 11.1 Å². The van der Waals surface area contributed by atoms with Gasteiger partial charge >= 0.3 is 11.9 Å². The van der Waals surface area contributed by atoms with Crippen molar-refractivity contribution in [2.24, 2.45) is 0 Å². The van der Waals surface area contributed by atoms with E-state index in [0.717, 1.165) is 8.96 Å². The van der Waals surface area contributed by atoms with Crippen molar-refractivity contribution in [1.29, 1.82) is 0 Å². The fourth-order valence-electron chi connectivity index (χ4n) is 1.62. The minimum atomic E-state index is -1.23. The third-order valence-corrected chi connectivity index (χ3v) is 3.07. The molecular formula is C12H7IO4. The normalized spacial score (nSPS) is 10.4. The average molecular weight is 342 g/mol. The molecule has 0 aliphatic rings. The van der Waals surface area contributed by atoms with Crippen LogP contribution in [0.3, 0.4) is 0 Å². The SMILES string of the molecule is O=C(O)c1cc2ccc(I)cc2cc1C(=O)O. The number of rotatable bonds is 2. The second-order valence-electron chi connectivity index (χ2n) is 3.50. The molecule has 2 rings (SSSR count). The molecule has 0 amide bonds. The number of benzene rings is 2. The highest BCUT2D eigenvalue weighted by atomic mass is 127. The summed E-state index contributed by atoms with van der Waals surface area (Å²) < 4.78 is 0.967. The smallest absolute Gasteiger partial charge is 0.336 e. The van der Waals surface area contributed by atoms with E-state index < -0.39 is 11.9 Å². The van der Waals surface area contributed by atoms with Gasteiger partial charge in [-0.25, -0.2) is 9.59 Å². The van der Waals surface area contributed by atoms with E-state index in [0.29, 0.717) is 5.39 Å². The Kier molecular flexibility index (Phi) is 3.01. The van der Waals surface area contributed by atoms with Crippen LogP contribution in [-0.2, 0) is 0 Å². The van der Waals surface area contributed by atoms with E-state index in [-0.39, 0.29) is 11.1 Å². The number of carboxylic acids is 2. The zero-order chi connectivity index (χ0) is 12.6. The second-order valence-corrected chi connectivity index (χ2v) is 4.75. The summed E-state index contributed by atoms with van der Waals surface area (Å²) in [6, 6.07) is 8.21. The molecule has 0 atom stereocenters. The van der Waals surface area contributed by atoms with E-state index in [9.17, 15) is 9.59 Å². The molecule has 0 aliphatic carbocycles. The third-order valence-electron chi connectivity index (χ3n) is 2.40. The van der Waals surface area contributed by atoms with Crippen molar-refractivity contribution in [3.05, 3.63) is 45.0 Å². The topological polar surface area (TPSA) is 74.6 Å². The molecule has 0 aliphatic heterocycles. The van der Waals surface area contributed by atoms with Gasteiger partial charge < -0.3 is 10.2 Å². The molecule has 2 aromatic carbocycles. The van der Waals surface area contributed by atoms with Crippen LogP contribution in [0.25, 0.3) is 10.8 Å². The van der Waals surface area contributed by atoms with Gasteiger partial charge in [-0.15, -0.1) is 0 Å². The molecule has 0 saturated carbocycles. The van der Waals surface area contributed by atoms with Crippen LogP contribution in [0.1, 0.15) is 20.7 Å². The Morgan fingerprint density at radius 2 is 1.41 bits per heavy atom. The van der Waals surface area contributed by atoms with Crippen molar-refractivity contribution >= 4 is 45.3 Å². The van der Waals surface area contributed by atoms with Gasteiger partial charge in [0, 0.05) is 3.57 Å². The Morgan fingerprint density at radius 1 is 0.882 bits per heavy atom. The van der Waals surface area contributed by atoms with Crippen molar-refractivity contribution in [2.45, 2.75) is 0 Å². The molecule has 4 nitrogen and oxygen atoms in total. The predicted molar refractivity (Wildman–Crippen MR) is 70.6 cm³/mol. The molecule has 5 heteroatoms. The molecule has 17 heavy (non-hydrogen) atoms. The Hall–Kier alpha value is -1.63. The first-order chi connectivity index (χ1) is 7.99. The minimum absolute atomic E-state index is 0.188. The lowest BCUT2D eigenvalue weighted by Crippen LogP contribution is -2.07. The zero-order valence-corrected chi connectivity index (χ0v) is 10.6. The second kappa shape index (κ2) is 4.33. The molecule has 0 spiro atoms. The summed E-state index contributed by atoms with van der Waals surface area (Å²) >= 11 is 2.12. The molecule has 0 unspecified atom stereocenters. The number of hydrogen-bond acceptors (Lipinski definition) is 2. The van der Waals surface area contributed by atoms with Crippen LogP contribution in [0.4, 0.5) is 0 Å². The summed E-state index contributed by atoms with van der Waals surface area (Å²) in [5.74, 6) is -2.47. The molecule has 0 radical (unpaired) electrons. The van der Waals surface area contributed by atoms with Crippen LogP contribution in [0.2, 0.25) is 0 Å². The first-order valence-electron chi connectivity index (χ1n) is 4.69. The van der Waals surface area contributed by atoms with Crippen LogP contribution in [0.15, 0.2) is 30.3 Å². The molecule has 2 aromatic rings. The van der Waals surface area contributed by atoms with Crippen molar-refractivity contribution < 1.29 is 19.8 Å². The van der Waals surface area contributed by atoms with E-state index in [1.807, 2.05) is 12.1 Å². The van der Waals surface area contributed by atoms with Crippen molar-refractivity contribution in [3.63, 3.8) is 0 Å². The first kappa shape index (κ1) is 11.8. The van der Waals surface area contributed by atoms with Crippen LogP contribution < -0.4 is 0 Å². The maximum Gasteiger partial charge on any atom is 0.336 e. The van der Waals surface area contributed by atoms with Crippen molar-refractivity contribution in [2.75, 3.05) is 0 Å². The molecule has 2 N–H and O–H groups in total. The molecule has 0 bridgehead atoms. The van der Waals surface area contributed by atoms with Gasteiger partial charge in [-0.3, -0.25) is 0 Å². The van der Waals surface area contributed by atoms with Crippen molar-refractivity contribution in [1.82, 2.24) is 0 Å². The molecule has 0 aromatic heterocycles. The number of hydrogen-bond donors (Lipinski definition) is 2. The third kappa shape index (κ3) is 2.23. The fourth-order valence-corrected chi connectivity index (χ4v) is 2.14. The summed E-state index contributed by atoms with van der Waals surface area (Å²) in [5, 5.41) is 19.4. The van der Waals surface area contributed by atoms with Gasteiger partial charge in [0.15, 0.2) is 0 Å². The number of carbonyl (C=O) groups is 2. The summed E-state index contributed by atoms with van der Waals surface area (Å²) in [6.07, 6.45) is 0. The Balaban J connectivity index is 2.81. The lowest BCUT2D eigenvalue weighted by Gasteiger charge is -2.05. The Labute approximate surface area is 110 Å². The highest BCUT2D eigenvalue weighted by molar-refractivity contribution is 14.1. The standard InChI is InChI=1S/C12H7IO4/c13-8-2-1-6-4-9(11(14)15)10(12(16)17)5-7(6)3-8/h1-5H,(H,14,15)(H,16,17). The highest BCUT2D eigenvalue weighted by Gasteiger charge is 2.16. The average Bonchev–Trinajstić information content (AvgIpc) is 2.26. The first-order valence-corrected chi connectivity index (χ1v) is 5.77. The summed E-state index contributed by atoms with van der Waals surface area (Å²) in [6.45, 7) is 0. The summed E-state index contributed by atoms with van der Waals surface area (Å²) in [7, 11) is 0. The minimum Gasteiger partial charge on any atom is -0.478 e. The monoisotopic (exact) mass is 342 g/mol. The van der Waals surface area contributed by atoms with Gasteiger partial charge in [-0.2, -0.15) is 0 Å². The van der Waals surface area contributed by atoms with E-state index in [1.54, 1.807) is 6.07 Å². The van der Waals surface area contributed by atoms with Crippen LogP contribution >= 0.6 is 22.6 Å². The lowest BCUT2D eigenvalue weighted by atomic mass is 10.0. The number of fused-ring (bicyclic) bond motifs is 1. The molecule has 86 valence electrons. The number of carboxylic acid groups (broad SMARTS) is 2. The number of halogens is 1. The maximum absolute atomic E-state index is 11.0. The van der Waals surface area contributed by atoms with E-state index in [1.165, 1.54) is 12.1 Å². The summed E-state index contributed by atoms with van der Waals surface area (Å²) in [5.41, 5.74) is -0.377. The quantitative estimate of drug-likeness (QED) is 0.823. The van der Waals surface area contributed by atoms with Gasteiger partial charge in [-0.1, -0.05) is 6.07 Å². The van der Waals surface area contributed by atoms with E-state index >= 15 is 0 Å². The van der Waals surface area contributed by atoms with E-state index in [4.69, 9.17) is 10.2 Å². The van der Waals surface area contributed by atoms with Crippen molar-refractivity contribution in [3.8, 4) is 0 Å². The Bertz CT molecular complexity index is 634. The molecule has 0 fully saturated rings. The molecular weight excluding hydrogens is 335 g/mol. The van der Waals surface area contributed by atoms with Crippen LogP contribution in [0.5, 0.6) is 0 Å². The Morgan fingerprint density at radius 3 is 1.94 bits per heavy atom. The van der Waals surface area contributed by atoms with E-state index in [2.05, 4.69) is 22.6 Å². The summed E-state index contributed by atoms with van der Waals surface area (Å²) in [4.78, 5) is 22.0. The predicted octanol–water partition coefficient (Wildman–Crippen LogP) is 2.84. The largest absolute Gasteiger partial charge is 0.478 e. The highest BCUT2D eigenvalue weighted by Crippen LogP contribution is 2.22. The fraction of sp³-hybridized carbons (Fsp3) is 0. The maximum atomic E-state index is 11.0. The molecule has 0 heterocycles. The lowest BCUT2D eigenvalue weighted by molar-refractivity contribution is 0.0652. The zero-order valence-electron chi connectivity index (χ0n) is 8.48. The van der Waals surface area contributed by atoms with Gasteiger partial charge in [0.1, 0.15) is 0 Å². The van der Waals surface area contributed by atoms with Gasteiger partial charge in [-0.05, 0) is 57.6 Å².